The van der Waals surface area contributed by atoms with Crippen LogP contribution in [0.25, 0.3) is 0 Å². The van der Waals surface area contributed by atoms with Crippen LogP contribution in [-0.2, 0) is 4.74 Å². The lowest BCUT2D eigenvalue weighted by Crippen LogP contribution is -2.47. The molecular weight excluding hydrogens is 176 g/mol. The van der Waals surface area contributed by atoms with Crippen molar-refractivity contribution in [3.05, 3.63) is 12.7 Å². The molecule has 1 aliphatic heterocycles. The molecule has 82 valence electrons. The molecular formula is C12H22O2. The van der Waals surface area contributed by atoms with Gasteiger partial charge in [-0.25, -0.2) is 0 Å². The number of hydrogen-bond donors (Lipinski definition) is 1. The normalized spacial score (nSPS) is 38.6. The van der Waals surface area contributed by atoms with E-state index in [1.54, 1.807) is 0 Å². The monoisotopic (exact) mass is 198 g/mol. The molecule has 1 saturated heterocycles. The van der Waals surface area contributed by atoms with E-state index < -0.39 is 0 Å². The molecule has 1 N–H and O–H groups in total. The maximum Gasteiger partial charge on any atom is 0.0864 e. The van der Waals surface area contributed by atoms with Crippen LogP contribution < -0.4 is 0 Å². The lowest BCUT2D eigenvalue weighted by molar-refractivity contribution is -0.180. The zero-order valence-corrected chi connectivity index (χ0v) is 9.49. The zero-order valence-electron chi connectivity index (χ0n) is 9.49. The lowest BCUT2D eigenvalue weighted by atomic mass is 9.86. The van der Waals surface area contributed by atoms with Crippen LogP contribution >= 0.6 is 0 Å². The van der Waals surface area contributed by atoms with Gasteiger partial charge in [0.1, 0.15) is 0 Å². The van der Waals surface area contributed by atoms with Gasteiger partial charge in [0.15, 0.2) is 0 Å². The highest BCUT2D eigenvalue weighted by atomic mass is 16.5. The Kier molecular flexibility index (Phi) is 3.73. The van der Waals surface area contributed by atoms with Gasteiger partial charge in [0.05, 0.1) is 17.8 Å². The summed E-state index contributed by atoms with van der Waals surface area (Å²) in [6, 6.07) is 0. The summed E-state index contributed by atoms with van der Waals surface area (Å²) in [5.41, 5.74) is -0.115. The first-order valence-electron chi connectivity index (χ1n) is 5.45. The molecule has 0 aromatic rings. The van der Waals surface area contributed by atoms with Gasteiger partial charge in [0, 0.05) is 0 Å². The molecule has 0 aliphatic carbocycles. The average Bonchev–Trinajstić information content (AvgIpc) is 2.10. The minimum atomic E-state index is -0.298. The molecule has 0 aromatic carbocycles. The van der Waals surface area contributed by atoms with Crippen LogP contribution in [0.15, 0.2) is 12.7 Å². The quantitative estimate of drug-likeness (QED) is 0.706. The molecule has 3 atom stereocenters. The molecule has 0 radical (unpaired) electrons. The van der Waals surface area contributed by atoms with Crippen molar-refractivity contribution in [3.8, 4) is 0 Å². The molecule has 2 heteroatoms. The molecule has 0 unspecified atom stereocenters. The first kappa shape index (κ1) is 11.7. The predicted octanol–water partition coefficient (Wildman–Crippen LogP) is 2.52. The summed E-state index contributed by atoms with van der Waals surface area (Å²) in [6.07, 6.45) is 4.20. The zero-order chi connectivity index (χ0) is 10.8. The highest BCUT2D eigenvalue weighted by Crippen LogP contribution is 2.34. The Morgan fingerprint density at radius 3 is 2.79 bits per heavy atom. The van der Waals surface area contributed by atoms with Crippen LogP contribution in [0.1, 0.15) is 40.0 Å². The van der Waals surface area contributed by atoms with Crippen LogP contribution in [0.5, 0.6) is 0 Å². The highest BCUT2D eigenvalue weighted by molar-refractivity contribution is 4.92. The lowest BCUT2D eigenvalue weighted by Gasteiger charge is -2.42. The summed E-state index contributed by atoms with van der Waals surface area (Å²) in [5.74, 6) is 0.370. The molecule has 1 aliphatic rings. The largest absolute Gasteiger partial charge is 0.390 e. The van der Waals surface area contributed by atoms with Crippen molar-refractivity contribution in [2.24, 2.45) is 5.92 Å². The van der Waals surface area contributed by atoms with Crippen molar-refractivity contribution < 1.29 is 9.84 Å². The fraction of sp³-hybridized carbons (Fsp3) is 0.833. The fourth-order valence-corrected chi connectivity index (χ4v) is 2.12. The molecule has 2 nitrogen and oxygen atoms in total. The van der Waals surface area contributed by atoms with Gasteiger partial charge >= 0.3 is 0 Å². The van der Waals surface area contributed by atoms with Crippen molar-refractivity contribution >= 4 is 0 Å². The summed E-state index contributed by atoms with van der Waals surface area (Å²) in [7, 11) is 0. The SMILES string of the molecule is C=CC[C@]1(C)CC[C@H](O)[C@@H](C(C)C)O1. The van der Waals surface area contributed by atoms with Gasteiger partial charge in [-0.15, -0.1) is 6.58 Å². The van der Waals surface area contributed by atoms with Crippen molar-refractivity contribution in [2.75, 3.05) is 0 Å². The van der Waals surface area contributed by atoms with Crippen LogP contribution in [0.3, 0.4) is 0 Å². The van der Waals surface area contributed by atoms with Crippen LogP contribution in [0.2, 0.25) is 0 Å². The molecule has 1 rings (SSSR count). The molecule has 0 saturated carbocycles. The predicted molar refractivity (Wildman–Crippen MR) is 58.2 cm³/mol. The summed E-state index contributed by atoms with van der Waals surface area (Å²) in [6.45, 7) is 10.0. The molecule has 0 amide bonds. The number of aliphatic hydroxyl groups excluding tert-OH is 1. The van der Waals surface area contributed by atoms with E-state index in [-0.39, 0.29) is 17.8 Å². The maximum atomic E-state index is 9.79. The Bertz CT molecular complexity index is 200. The van der Waals surface area contributed by atoms with Crippen molar-refractivity contribution in [2.45, 2.75) is 57.8 Å². The van der Waals surface area contributed by atoms with Gasteiger partial charge in [0.2, 0.25) is 0 Å². The van der Waals surface area contributed by atoms with E-state index in [9.17, 15) is 5.11 Å². The molecule has 14 heavy (non-hydrogen) atoms. The first-order chi connectivity index (χ1) is 6.48. The Balaban J connectivity index is 2.65. The van der Waals surface area contributed by atoms with Gasteiger partial charge < -0.3 is 9.84 Å². The Hall–Kier alpha value is -0.340. The van der Waals surface area contributed by atoms with Crippen LogP contribution in [0.4, 0.5) is 0 Å². The fourth-order valence-electron chi connectivity index (χ4n) is 2.12. The van der Waals surface area contributed by atoms with E-state index in [0.29, 0.717) is 5.92 Å². The third-order valence-electron chi connectivity index (χ3n) is 3.00. The first-order valence-corrected chi connectivity index (χ1v) is 5.45. The molecule has 0 aromatic heterocycles. The molecule has 0 spiro atoms. The molecule has 1 fully saturated rings. The third kappa shape index (κ3) is 2.58. The van der Waals surface area contributed by atoms with Crippen molar-refractivity contribution in [1.82, 2.24) is 0 Å². The summed E-state index contributed by atoms with van der Waals surface area (Å²) < 4.78 is 5.97. The van der Waals surface area contributed by atoms with Crippen LogP contribution in [-0.4, -0.2) is 22.9 Å². The van der Waals surface area contributed by atoms with E-state index in [2.05, 4.69) is 27.4 Å². The summed E-state index contributed by atoms with van der Waals surface area (Å²) in [5, 5.41) is 9.79. The van der Waals surface area contributed by atoms with Gasteiger partial charge in [-0.1, -0.05) is 19.9 Å². The topological polar surface area (TPSA) is 29.5 Å². The third-order valence-corrected chi connectivity index (χ3v) is 3.00. The van der Waals surface area contributed by atoms with Crippen LogP contribution in [0, 0.1) is 5.92 Å². The standard InChI is InChI=1S/C12H22O2/c1-5-7-12(4)8-6-10(13)11(14-12)9(2)3/h5,9-11,13H,1,6-8H2,2-4H3/t10-,11+,12+/m0/s1. The molecule has 1 heterocycles. The van der Waals surface area contributed by atoms with E-state index in [4.69, 9.17) is 4.74 Å². The Labute approximate surface area is 87.0 Å². The molecule has 0 bridgehead atoms. The van der Waals surface area contributed by atoms with E-state index in [1.807, 2.05) is 6.08 Å². The highest BCUT2D eigenvalue weighted by Gasteiger charge is 2.38. The number of aliphatic hydroxyl groups is 1. The van der Waals surface area contributed by atoms with Gasteiger partial charge in [0.25, 0.3) is 0 Å². The van der Waals surface area contributed by atoms with Gasteiger partial charge in [-0.05, 0) is 32.1 Å². The number of hydrogen-bond acceptors (Lipinski definition) is 2. The van der Waals surface area contributed by atoms with Crippen molar-refractivity contribution in [3.63, 3.8) is 0 Å². The Morgan fingerprint density at radius 2 is 2.29 bits per heavy atom. The van der Waals surface area contributed by atoms with Gasteiger partial charge in [-0.2, -0.15) is 0 Å². The Morgan fingerprint density at radius 1 is 1.64 bits per heavy atom. The minimum Gasteiger partial charge on any atom is -0.390 e. The van der Waals surface area contributed by atoms with Crippen molar-refractivity contribution in [1.29, 1.82) is 0 Å². The second-order valence-electron chi connectivity index (χ2n) is 4.88. The second kappa shape index (κ2) is 4.45. The van der Waals surface area contributed by atoms with E-state index in [1.165, 1.54) is 0 Å². The summed E-state index contributed by atoms with van der Waals surface area (Å²) >= 11 is 0. The smallest absolute Gasteiger partial charge is 0.0864 e. The maximum absolute atomic E-state index is 9.79. The van der Waals surface area contributed by atoms with Gasteiger partial charge in [-0.3, -0.25) is 0 Å². The van der Waals surface area contributed by atoms with E-state index >= 15 is 0 Å². The number of ether oxygens (including phenoxy) is 1. The second-order valence-corrected chi connectivity index (χ2v) is 4.88. The number of rotatable bonds is 3. The summed E-state index contributed by atoms with van der Waals surface area (Å²) in [4.78, 5) is 0. The van der Waals surface area contributed by atoms with E-state index in [0.717, 1.165) is 19.3 Å². The average molecular weight is 198 g/mol. The minimum absolute atomic E-state index is 0.0197.